The van der Waals surface area contributed by atoms with Crippen LogP contribution in [-0.4, -0.2) is 33.7 Å². The van der Waals surface area contributed by atoms with Crippen LogP contribution >= 0.6 is 0 Å². The second-order valence-electron chi connectivity index (χ2n) is 6.83. The highest BCUT2D eigenvalue weighted by atomic mass is 16.5. The molecule has 0 saturated carbocycles. The van der Waals surface area contributed by atoms with Crippen molar-refractivity contribution < 1.29 is 19.4 Å². The SMILES string of the molecule is CCOC(=O)Nc1nc2cccc3/c(=C(\O)c4ccc(NC(C)=O)cc4)ccc(n1)c23. The molecule has 8 heteroatoms. The molecule has 0 saturated heterocycles. The molecule has 4 rings (SSSR count). The molecule has 1 heterocycles. The molecule has 4 aromatic rings. The predicted molar refractivity (Wildman–Crippen MR) is 119 cm³/mol. The van der Waals surface area contributed by atoms with Crippen molar-refractivity contribution in [3.63, 3.8) is 0 Å². The highest BCUT2D eigenvalue weighted by molar-refractivity contribution is 6.08. The van der Waals surface area contributed by atoms with Gasteiger partial charge in [0.2, 0.25) is 11.9 Å². The number of aromatic nitrogens is 2. The van der Waals surface area contributed by atoms with Crippen LogP contribution in [0.15, 0.2) is 54.6 Å². The zero-order valence-corrected chi connectivity index (χ0v) is 17.0. The first-order valence-corrected chi connectivity index (χ1v) is 9.70. The molecule has 0 radical (unpaired) electrons. The van der Waals surface area contributed by atoms with Crippen molar-refractivity contribution in [1.29, 1.82) is 0 Å². The number of rotatable bonds is 4. The Kier molecular flexibility index (Phi) is 5.36. The van der Waals surface area contributed by atoms with E-state index in [2.05, 4.69) is 20.6 Å². The highest BCUT2D eigenvalue weighted by Crippen LogP contribution is 2.24. The Morgan fingerprint density at radius 1 is 0.968 bits per heavy atom. The monoisotopic (exact) mass is 416 g/mol. The Hall–Kier alpha value is -4.20. The fourth-order valence-corrected chi connectivity index (χ4v) is 3.40. The lowest BCUT2D eigenvalue weighted by Crippen LogP contribution is -2.16. The van der Waals surface area contributed by atoms with Crippen LogP contribution in [0.5, 0.6) is 0 Å². The largest absolute Gasteiger partial charge is 0.507 e. The molecule has 0 unspecified atom stereocenters. The van der Waals surface area contributed by atoms with Crippen molar-refractivity contribution in [3.8, 4) is 0 Å². The van der Waals surface area contributed by atoms with Crippen LogP contribution in [0.25, 0.3) is 27.6 Å². The standard InChI is InChI=1S/C23H20N4O4/c1-3-31-23(30)27-22-25-18-6-4-5-16-17(11-12-19(26-22)20(16)18)21(29)14-7-9-15(10-8-14)24-13(2)28/h4-12,29H,3H2,1-2H3,(H,24,28)(H,25,26,27,30)/b21-17-. The van der Waals surface area contributed by atoms with Gasteiger partial charge in [-0.1, -0.05) is 12.1 Å². The Balaban J connectivity index is 1.82. The van der Waals surface area contributed by atoms with Crippen molar-refractivity contribution >= 4 is 51.2 Å². The second kappa shape index (κ2) is 8.27. The van der Waals surface area contributed by atoms with E-state index >= 15 is 0 Å². The molecule has 0 bridgehead atoms. The Morgan fingerprint density at radius 2 is 1.68 bits per heavy atom. The normalized spacial score (nSPS) is 11.9. The molecule has 3 N–H and O–H groups in total. The minimum atomic E-state index is -0.620. The van der Waals surface area contributed by atoms with Crippen LogP contribution in [-0.2, 0) is 9.53 Å². The summed E-state index contributed by atoms with van der Waals surface area (Å²) in [6.45, 7) is 3.40. The number of hydrogen-bond acceptors (Lipinski definition) is 6. The molecule has 0 aliphatic heterocycles. The van der Waals surface area contributed by atoms with E-state index in [1.807, 2.05) is 18.2 Å². The van der Waals surface area contributed by atoms with E-state index in [9.17, 15) is 14.7 Å². The van der Waals surface area contributed by atoms with Gasteiger partial charge >= 0.3 is 6.09 Å². The van der Waals surface area contributed by atoms with E-state index in [0.29, 0.717) is 27.5 Å². The maximum atomic E-state index is 11.7. The molecular formula is C23H20N4O4. The lowest BCUT2D eigenvalue weighted by Gasteiger charge is -2.10. The molecule has 2 amide bonds. The number of carbonyl (C=O) groups is 2. The Bertz CT molecular complexity index is 1330. The van der Waals surface area contributed by atoms with Crippen molar-refractivity contribution in [1.82, 2.24) is 9.97 Å². The van der Waals surface area contributed by atoms with Gasteiger partial charge in [-0.3, -0.25) is 10.1 Å². The van der Waals surface area contributed by atoms with E-state index in [4.69, 9.17) is 4.74 Å². The van der Waals surface area contributed by atoms with Crippen LogP contribution in [0.2, 0.25) is 0 Å². The second-order valence-corrected chi connectivity index (χ2v) is 6.83. The number of aliphatic hydroxyl groups excluding tert-OH is 1. The smallest absolute Gasteiger partial charge is 0.414 e. The molecule has 3 aromatic carbocycles. The summed E-state index contributed by atoms with van der Waals surface area (Å²) in [5.74, 6) is 0.0797. The highest BCUT2D eigenvalue weighted by Gasteiger charge is 2.12. The molecule has 8 nitrogen and oxygen atoms in total. The summed E-state index contributed by atoms with van der Waals surface area (Å²) in [6, 6.07) is 16.0. The zero-order valence-electron chi connectivity index (χ0n) is 17.0. The van der Waals surface area contributed by atoms with Crippen molar-refractivity contribution in [2.24, 2.45) is 0 Å². The van der Waals surface area contributed by atoms with Crippen LogP contribution in [0.1, 0.15) is 19.4 Å². The van der Waals surface area contributed by atoms with Crippen LogP contribution in [0.3, 0.4) is 0 Å². The summed E-state index contributed by atoms with van der Waals surface area (Å²) in [7, 11) is 0. The lowest BCUT2D eigenvalue weighted by atomic mass is 10.0. The summed E-state index contributed by atoms with van der Waals surface area (Å²) in [5, 5.41) is 18.4. The number of ether oxygens (including phenoxy) is 1. The predicted octanol–water partition coefficient (Wildman–Crippen LogP) is 3.74. The molecule has 0 aliphatic carbocycles. The number of amides is 2. The molecule has 31 heavy (non-hydrogen) atoms. The van der Waals surface area contributed by atoms with Gasteiger partial charge in [0, 0.05) is 28.8 Å². The van der Waals surface area contributed by atoms with Gasteiger partial charge in [-0.2, -0.15) is 0 Å². The molecule has 0 atom stereocenters. The summed E-state index contributed by atoms with van der Waals surface area (Å²) in [6.07, 6.45) is -0.620. The quantitative estimate of drug-likeness (QED) is 0.467. The van der Waals surface area contributed by atoms with Crippen LogP contribution < -0.4 is 15.9 Å². The maximum Gasteiger partial charge on any atom is 0.414 e. The maximum absolute atomic E-state index is 11.7. The van der Waals surface area contributed by atoms with Gasteiger partial charge in [-0.05, 0) is 54.8 Å². The van der Waals surface area contributed by atoms with E-state index < -0.39 is 6.09 Å². The van der Waals surface area contributed by atoms with E-state index in [0.717, 1.165) is 10.8 Å². The minimum Gasteiger partial charge on any atom is -0.507 e. The number of hydrogen-bond donors (Lipinski definition) is 3. The molecular weight excluding hydrogens is 396 g/mol. The van der Waals surface area contributed by atoms with Gasteiger partial charge in [-0.25, -0.2) is 14.8 Å². The molecule has 0 spiro atoms. The molecule has 0 fully saturated rings. The number of anilines is 2. The van der Waals surface area contributed by atoms with Gasteiger partial charge in [0.25, 0.3) is 0 Å². The number of benzene rings is 3. The minimum absolute atomic E-state index is 0.0949. The fourth-order valence-electron chi connectivity index (χ4n) is 3.40. The lowest BCUT2D eigenvalue weighted by molar-refractivity contribution is -0.114. The third-order valence-corrected chi connectivity index (χ3v) is 4.67. The first-order chi connectivity index (χ1) is 15.0. The molecule has 156 valence electrons. The summed E-state index contributed by atoms with van der Waals surface area (Å²) < 4.78 is 4.88. The van der Waals surface area contributed by atoms with Crippen molar-refractivity contribution in [2.75, 3.05) is 17.2 Å². The third kappa shape index (κ3) is 4.09. The average Bonchev–Trinajstić information content (AvgIpc) is 2.74. The number of nitrogens with zero attached hydrogens (tertiary/aromatic N) is 2. The summed E-state index contributed by atoms with van der Waals surface area (Å²) in [5.41, 5.74) is 2.52. The van der Waals surface area contributed by atoms with E-state index in [1.165, 1.54) is 6.92 Å². The average molecular weight is 416 g/mol. The number of aliphatic hydroxyl groups is 1. The summed E-state index contributed by atoms with van der Waals surface area (Å²) in [4.78, 5) is 31.7. The first kappa shape index (κ1) is 20.1. The Labute approximate surface area is 177 Å². The van der Waals surface area contributed by atoms with Gasteiger partial charge in [0.1, 0.15) is 5.76 Å². The van der Waals surface area contributed by atoms with Crippen LogP contribution in [0, 0.1) is 0 Å². The molecule has 0 aliphatic rings. The zero-order chi connectivity index (χ0) is 22.0. The van der Waals surface area contributed by atoms with Crippen molar-refractivity contribution in [3.05, 3.63) is 65.4 Å². The topological polar surface area (TPSA) is 113 Å². The van der Waals surface area contributed by atoms with Gasteiger partial charge in [0.05, 0.1) is 17.6 Å². The fraction of sp³-hybridized carbons (Fsp3) is 0.130. The number of carbonyl (C=O) groups excluding carboxylic acids is 2. The van der Waals surface area contributed by atoms with E-state index in [1.54, 1.807) is 43.3 Å². The van der Waals surface area contributed by atoms with Crippen LogP contribution in [0.4, 0.5) is 16.4 Å². The Morgan fingerprint density at radius 3 is 2.35 bits per heavy atom. The number of nitrogens with one attached hydrogen (secondary N) is 2. The van der Waals surface area contributed by atoms with Gasteiger partial charge in [-0.15, -0.1) is 0 Å². The summed E-state index contributed by atoms with van der Waals surface area (Å²) >= 11 is 0. The third-order valence-electron chi connectivity index (χ3n) is 4.67. The first-order valence-electron chi connectivity index (χ1n) is 9.70. The van der Waals surface area contributed by atoms with E-state index in [-0.39, 0.29) is 24.2 Å². The van der Waals surface area contributed by atoms with Gasteiger partial charge in [0.15, 0.2) is 0 Å². The molecule has 1 aromatic heterocycles. The van der Waals surface area contributed by atoms with Crippen molar-refractivity contribution in [2.45, 2.75) is 13.8 Å². The van der Waals surface area contributed by atoms with Gasteiger partial charge < -0.3 is 15.2 Å².